The third-order valence-electron chi connectivity index (χ3n) is 13.7. The van der Waals surface area contributed by atoms with Crippen molar-refractivity contribution in [2.75, 3.05) is 4.81 Å². The van der Waals surface area contributed by atoms with Crippen LogP contribution in [-0.4, -0.2) is 11.4 Å². The van der Waals surface area contributed by atoms with Gasteiger partial charge >= 0.3 is 6.85 Å². The number of benzene rings is 7. The smallest absolute Gasteiger partial charge is 0.333 e. The van der Waals surface area contributed by atoms with Gasteiger partial charge in [-0.2, -0.15) is 0 Å². The van der Waals surface area contributed by atoms with E-state index in [9.17, 15) is 0 Å². The monoisotopic (exact) mass is 752 g/mol. The first-order valence-electron chi connectivity index (χ1n) is 20.6. The fraction of sp³-hybridized carbons (Fsp3) is 0.208. The number of hydrogen-bond acceptors (Lipinski definition) is 2. The lowest BCUT2D eigenvalue weighted by Gasteiger charge is -2.42. The van der Waals surface area contributed by atoms with Crippen LogP contribution in [0.2, 0.25) is 0 Å². The summed E-state index contributed by atoms with van der Waals surface area (Å²) in [5, 5.41) is 5.41. The van der Waals surface area contributed by atoms with Crippen LogP contribution < -0.4 is 15.7 Å². The largest absolute Gasteiger partial charge is 0.376 e. The molecule has 0 bridgehead atoms. The third-order valence-corrected chi connectivity index (χ3v) is 14.8. The molecule has 0 unspecified atom stereocenters. The Balaban J connectivity index is 1.27. The molecule has 0 radical (unpaired) electrons. The molecule has 57 heavy (non-hydrogen) atoms. The molecule has 1 aliphatic carbocycles. The van der Waals surface area contributed by atoms with Crippen molar-refractivity contribution in [3.63, 3.8) is 0 Å². The first kappa shape index (κ1) is 33.6. The van der Waals surface area contributed by atoms with E-state index in [0.717, 1.165) is 0 Å². The van der Waals surface area contributed by atoms with Gasteiger partial charge in [0.05, 0.1) is 11.0 Å². The molecule has 0 amide bonds. The lowest BCUT2D eigenvalue weighted by atomic mass is 9.44. The van der Waals surface area contributed by atoms with Gasteiger partial charge in [-0.05, 0) is 103 Å². The Morgan fingerprint density at radius 1 is 0.561 bits per heavy atom. The standard InChI is InChI=1S/C53H45BN2S/c1-51(2,3)30-17-20-32(21-18-30)56-42-25-19-31(52(4,5)6)27-37(42)34-22-23-36-48-43(26-24-40-47(48)35-14-9-11-15-39(35)53(40,7)8)55-44-29-46-38(33-13-10-12-16-45(33)57-46)28-41(44)54(56)49(34)50(36)55/h9-29H,1-8H3. The first-order valence-corrected chi connectivity index (χ1v) is 21.4. The average Bonchev–Trinajstić information content (AvgIpc) is 3.81. The van der Waals surface area contributed by atoms with Gasteiger partial charge in [0.25, 0.3) is 0 Å². The highest BCUT2D eigenvalue weighted by atomic mass is 32.1. The van der Waals surface area contributed by atoms with E-state index in [-0.39, 0.29) is 23.1 Å². The zero-order valence-corrected chi connectivity index (χ0v) is 34.8. The minimum Gasteiger partial charge on any atom is -0.376 e. The molecule has 9 aromatic rings. The van der Waals surface area contributed by atoms with E-state index in [0.29, 0.717) is 0 Å². The lowest BCUT2D eigenvalue weighted by Crippen LogP contribution is -2.60. The summed E-state index contributed by atoms with van der Waals surface area (Å²) in [7, 11) is 0. The van der Waals surface area contributed by atoms with Crippen molar-refractivity contribution < 1.29 is 0 Å². The van der Waals surface area contributed by atoms with Gasteiger partial charge in [0.2, 0.25) is 0 Å². The fourth-order valence-corrected chi connectivity index (χ4v) is 11.9. The lowest BCUT2D eigenvalue weighted by molar-refractivity contribution is 0.590. The van der Waals surface area contributed by atoms with E-state index < -0.39 is 0 Å². The van der Waals surface area contributed by atoms with Crippen LogP contribution in [0.15, 0.2) is 127 Å². The fourth-order valence-electron chi connectivity index (χ4n) is 10.8. The number of anilines is 2. The van der Waals surface area contributed by atoms with Crippen molar-refractivity contribution in [3.8, 4) is 27.9 Å². The van der Waals surface area contributed by atoms with E-state index in [1.807, 2.05) is 11.3 Å². The molecule has 0 saturated carbocycles. The predicted octanol–water partition coefficient (Wildman–Crippen LogP) is 13.3. The molecule has 0 fully saturated rings. The second-order valence-electron chi connectivity index (χ2n) is 19.4. The van der Waals surface area contributed by atoms with Gasteiger partial charge in [-0.25, -0.2) is 0 Å². The van der Waals surface area contributed by atoms with Gasteiger partial charge in [0.1, 0.15) is 0 Å². The maximum absolute atomic E-state index is 2.68. The van der Waals surface area contributed by atoms with Gasteiger partial charge < -0.3 is 9.38 Å². The van der Waals surface area contributed by atoms with Gasteiger partial charge in [-0.15, -0.1) is 11.3 Å². The normalized spacial score (nSPS) is 15.1. The number of rotatable bonds is 1. The van der Waals surface area contributed by atoms with Crippen LogP contribution in [0.4, 0.5) is 11.4 Å². The molecule has 2 aliphatic heterocycles. The van der Waals surface area contributed by atoms with Gasteiger partial charge in [-0.3, -0.25) is 0 Å². The maximum atomic E-state index is 2.68. The summed E-state index contributed by atoms with van der Waals surface area (Å²) in [4.78, 5) is 2.68. The van der Waals surface area contributed by atoms with Crippen molar-refractivity contribution >= 4 is 82.5 Å². The van der Waals surface area contributed by atoms with Crippen LogP contribution in [0, 0.1) is 0 Å². The maximum Gasteiger partial charge on any atom is 0.333 e. The highest BCUT2D eigenvalue weighted by Gasteiger charge is 2.46. The summed E-state index contributed by atoms with van der Waals surface area (Å²) in [6, 6.07) is 49.7. The summed E-state index contributed by atoms with van der Waals surface area (Å²) < 4.78 is 5.34. The van der Waals surface area contributed by atoms with Crippen LogP contribution in [0.1, 0.15) is 77.6 Å². The summed E-state index contributed by atoms with van der Waals surface area (Å²) >= 11 is 1.92. The Morgan fingerprint density at radius 3 is 2.09 bits per heavy atom. The number of thiophene rings is 1. The van der Waals surface area contributed by atoms with E-state index in [4.69, 9.17) is 0 Å². The molecular formula is C53H45BN2S. The summed E-state index contributed by atoms with van der Waals surface area (Å²) in [6.45, 7) is 18.7. The Labute approximate surface area is 339 Å². The summed E-state index contributed by atoms with van der Waals surface area (Å²) in [5.74, 6) is 0. The molecule has 0 N–H and O–H groups in total. The number of nitrogens with zero attached hydrogens (tertiary/aromatic N) is 2. The number of hydrogen-bond donors (Lipinski definition) is 0. The second kappa shape index (κ2) is 10.9. The summed E-state index contributed by atoms with van der Waals surface area (Å²) in [5.41, 5.74) is 20.2. The average molecular weight is 753 g/mol. The Bertz CT molecular complexity index is 3230. The molecule has 12 rings (SSSR count). The molecule has 0 saturated heterocycles. The SMILES string of the molecule is CC(C)(C)c1ccc(N2B3c4cc5c(cc4-n4c6ccc7c(c6c6ccc(c3c64)-c3cc(C(C)(C)C)ccc32)-c2ccccc2C7(C)C)sc2ccccc25)cc1. The molecule has 2 nitrogen and oxygen atoms in total. The Morgan fingerprint density at radius 2 is 1.30 bits per heavy atom. The molecule has 276 valence electrons. The van der Waals surface area contributed by atoms with Crippen LogP contribution in [-0.2, 0) is 16.2 Å². The quantitative estimate of drug-likeness (QED) is 0.152. The first-order chi connectivity index (χ1) is 27.3. The second-order valence-corrected chi connectivity index (χ2v) is 20.5. The van der Waals surface area contributed by atoms with Crippen molar-refractivity contribution in [2.24, 2.45) is 0 Å². The van der Waals surface area contributed by atoms with Gasteiger partial charge in [0.15, 0.2) is 0 Å². The molecule has 3 aliphatic rings. The van der Waals surface area contributed by atoms with Crippen molar-refractivity contribution in [1.29, 1.82) is 0 Å². The van der Waals surface area contributed by atoms with E-state index in [2.05, 4.69) is 192 Å². The van der Waals surface area contributed by atoms with Crippen LogP contribution >= 0.6 is 11.3 Å². The van der Waals surface area contributed by atoms with E-state index >= 15 is 0 Å². The number of aromatic nitrogens is 1. The number of fused-ring (bicyclic) bond motifs is 15. The third kappa shape index (κ3) is 4.32. The van der Waals surface area contributed by atoms with E-state index in [1.165, 1.54) is 114 Å². The topological polar surface area (TPSA) is 8.17 Å². The highest BCUT2D eigenvalue weighted by Crippen LogP contribution is 2.54. The Kier molecular flexibility index (Phi) is 6.40. The minimum absolute atomic E-state index is 0.0141. The van der Waals surface area contributed by atoms with Crippen LogP contribution in [0.25, 0.3) is 69.9 Å². The van der Waals surface area contributed by atoms with Crippen molar-refractivity contribution in [1.82, 2.24) is 4.57 Å². The predicted molar refractivity (Wildman–Crippen MR) is 248 cm³/mol. The molecule has 7 aromatic carbocycles. The van der Waals surface area contributed by atoms with Crippen molar-refractivity contribution in [3.05, 3.63) is 150 Å². The Hall–Kier alpha value is -5.58. The molecule has 4 heterocycles. The minimum atomic E-state index is -0.0784. The van der Waals surface area contributed by atoms with Crippen LogP contribution in [0.5, 0.6) is 0 Å². The summed E-state index contributed by atoms with van der Waals surface area (Å²) in [6.07, 6.45) is 0. The molecule has 2 aromatic heterocycles. The van der Waals surface area contributed by atoms with Crippen LogP contribution in [0.3, 0.4) is 0 Å². The zero-order chi connectivity index (χ0) is 38.9. The van der Waals surface area contributed by atoms with E-state index in [1.54, 1.807) is 0 Å². The molecule has 4 heteroatoms. The molecule has 0 spiro atoms. The zero-order valence-electron chi connectivity index (χ0n) is 34.0. The van der Waals surface area contributed by atoms with Crippen molar-refractivity contribution in [2.45, 2.75) is 71.6 Å². The highest BCUT2D eigenvalue weighted by molar-refractivity contribution is 7.25. The molecule has 0 atom stereocenters. The van der Waals surface area contributed by atoms with Gasteiger partial charge in [-0.1, -0.05) is 140 Å². The van der Waals surface area contributed by atoms with Gasteiger partial charge in [0, 0.05) is 59.0 Å². The molecular weight excluding hydrogens is 707 g/mol.